The van der Waals surface area contributed by atoms with Gasteiger partial charge >= 0.3 is 0 Å². The molecule has 0 N–H and O–H groups in total. The quantitative estimate of drug-likeness (QED) is 0.645. The minimum atomic E-state index is 0.529. The van der Waals surface area contributed by atoms with Crippen LogP contribution in [0.3, 0.4) is 0 Å². The van der Waals surface area contributed by atoms with E-state index in [0.717, 1.165) is 0 Å². The summed E-state index contributed by atoms with van der Waals surface area (Å²) in [6.07, 6.45) is 0. The number of hydrogen-bond donors (Lipinski definition) is 0. The van der Waals surface area contributed by atoms with Gasteiger partial charge in [0.2, 0.25) is 0 Å². The lowest BCUT2D eigenvalue weighted by Crippen LogP contribution is -2.16. The molecule has 104 valence electrons. The maximum absolute atomic E-state index is 2.35. The van der Waals surface area contributed by atoms with Crippen molar-refractivity contribution in [3.8, 4) is 0 Å². The summed E-state index contributed by atoms with van der Waals surface area (Å²) in [5.74, 6) is 1.73. The summed E-state index contributed by atoms with van der Waals surface area (Å²) in [6.45, 7) is 9.30. The Balaban J connectivity index is 2.25. The molecule has 1 heterocycles. The largest absolute Gasteiger partial charge is 0.0895 e. The van der Waals surface area contributed by atoms with Crippen molar-refractivity contribution in [1.29, 1.82) is 0 Å². The molecule has 0 nitrogen and oxygen atoms in total. The highest BCUT2D eigenvalue weighted by atomic mass is 32.2. The van der Waals surface area contributed by atoms with Gasteiger partial charge in [-0.25, -0.2) is 0 Å². The third-order valence-corrected chi connectivity index (χ3v) is 5.34. The molecular formula is C19H22S. The number of hydrogen-bond acceptors (Lipinski definition) is 1. The van der Waals surface area contributed by atoms with E-state index < -0.39 is 0 Å². The van der Waals surface area contributed by atoms with E-state index in [1.807, 2.05) is 11.8 Å². The van der Waals surface area contributed by atoms with Crippen molar-refractivity contribution in [1.82, 2.24) is 0 Å². The van der Waals surface area contributed by atoms with Gasteiger partial charge in [-0.05, 0) is 40.7 Å². The summed E-state index contributed by atoms with van der Waals surface area (Å²) < 4.78 is 0. The monoisotopic (exact) mass is 282 g/mol. The average Bonchev–Trinajstić information content (AvgIpc) is 2.43. The first-order valence-corrected chi connectivity index (χ1v) is 8.30. The zero-order valence-corrected chi connectivity index (χ0v) is 13.5. The van der Waals surface area contributed by atoms with Crippen LogP contribution in [0.15, 0.2) is 52.3 Å². The predicted molar refractivity (Wildman–Crippen MR) is 87.8 cm³/mol. The molecule has 1 heteroatoms. The van der Waals surface area contributed by atoms with Crippen LogP contribution in [0.2, 0.25) is 0 Å². The lowest BCUT2D eigenvalue weighted by molar-refractivity contribution is 0.540. The van der Waals surface area contributed by atoms with E-state index in [1.165, 1.54) is 20.9 Å². The summed E-state index contributed by atoms with van der Waals surface area (Å²) in [4.78, 5) is 2.88. The Labute approximate surface area is 126 Å². The molecule has 0 bridgehead atoms. The zero-order valence-electron chi connectivity index (χ0n) is 12.7. The molecule has 1 unspecified atom stereocenters. The van der Waals surface area contributed by atoms with Gasteiger partial charge in [-0.15, -0.1) is 0 Å². The van der Waals surface area contributed by atoms with Gasteiger partial charge < -0.3 is 0 Å². The zero-order chi connectivity index (χ0) is 14.3. The van der Waals surface area contributed by atoms with E-state index >= 15 is 0 Å². The van der Waals surface area contributed by atoms with Crippen LogP contribution < -0.4 is 0 Å². The van der Waals surface area contributed by atoms with Crippen molar-refractivity contribution in [2.75, 3.05) is 0 Å². The molecule has 1 aliphatic heterocycles. The summed E-state index contributed by atoms with van der Waals surface area (Å²) in [5, 5.41) is 0. The summed E-state index contributed by atoms with van der Waals surface area (Å²) in [6, 6.07) is 15.7. The molecule has 3 rings (SSSR count). The van der Waals surface area contributed by atoms with Crippen molar-refractivity contribution in [2.45, 2.75) is 49.3 Å². The van der Waals surface area contributed by atoms with Crippen LogP contribution in [-0.4, -0.2) is 0 Å². The Kier molecular flexibility index (Phi) is 3.64. The second-order valence-electron chi connectivity index (χ2n) is 6.28. The molecule has 0 aliphatic carbocycles. The van der Waals surface area contributed by atoms with Crippen LogP contribution >= 0.6 is 11.8 Å². The van der Waals surface area contributed by atoms with Gasteiger partial charge in [0.25, 0.3) is 0 Å². The molecule has 0 fully saturated rings. The fourth-order valence-corrected chi connectivity index (χ4v) is 4.48. The molecule has 1 atom stereocenters. The Hall–Kier alpha value is -1.21. The maximum Gasteiger partial charge on any atom is 0.0163 e. The van der Waals surface area contributed by atoms with Crippen LogP contribution in [0.5, 0.6) is 0 Å². The fourth-order valence-electron chi connectivity index (χ4n) is 3.28. The fraction of sp³-hybridized carbons (Fsp3) is 0.368. The van der Waals surface area contributed by atoms with E-state index in [1.54, 1.807) is 5.56 Å². The van der Waals surface area contributed by atoms with E-state index in [2.05, 4.69) is 70.2 Å². The van der Waals surface area contributed by atoms with Crippen LogP contribution in [0.25, 0.3) is 0 Å². The maximum atomic E-state index is 2.35. The smallest absolute Gasteiger partial charge is 0.0163 e. The van der Waals surface area contributed by atoms with Crippen molar-refractivity contribution < 1.29 is 0 Å². The Morgan fingerprint density at radius 3 is 2.25 bits per heavy atom. The second kappa shape index (κ2) is 5.29. The molecule has 0 radical (unpaired) electrons. The minimum Gasteiger partial charge on any atom is -0.0895 e. The van der Waals surface area contributed by atoms with Crippen molar-refractivity contribution in [3.05, 3.63) is 59.2 Å². The van der Waals surface area contributed by atoms with E-state index in [0.29, 0.717) is 17.8 Å². The van der Waals surface area contributed by atoms with Crippen LogP contribution in [0.1, 0.15) is 56.2 Å². The third-order valence-electron chi connectivity index (χ3n) is 4.17. The first kappa shape index (κ1) is 13.8. The van der Waals surface area contributed by atoms with Crippen molar-refractivity contribution >= 4 is 11.8 Å². The minimum absolute atomic E-state index is 0.529. The molecule has 0 amide bonds. The molecule has 2 aromatic rings. The highest BCUT2D eigenvalue weighted by Gasteiger charge is 2.30. The third kappa shape index (κ3) is 2.18. The average molecular weight is 282 g/mol. The molecule has 0 saturated heterocycles. The van der Waals surface area contributed by atoms with Gasteiger partial charge in [0, 0.05) is 15.7 Å². The lowest BCUT2D eigenvalue weighted by Gasteiger charge is -2.33. The molecule has 20 heavy (non-hydrogen) atoms. The van der Waals surface area contributed by atoms with Gasteiger partial charge in [-0.2, -0.15) is 0 Å². The van der Waals surface area contributed by atoms with E-state index in [9.17, 15) is 0 Å². The Bertz CT molecular complexity index is 625. The SMILES string of the molecule is CC(C)c1cccc2c1C(C(C)C)c1ccccc1S2. The van der Waals surface area contributed by atoms with Gasteiger partial charge in [-0.1, -0.05) is 69.8 Å². The van der Waals surface area contributed by atoms with Crippen LogP contribution in [0, 0.1) is 5.92 Å². The number of rotatable bonds is 2. The predicted octanol–water partition coefficient (Wildman–Crippen LogP) is 6.06. The standard InChI is InChI=1S/C19H22S/c1-12(2)14-9-7-11-17-19(14)18(13(3)4)15-8-5-6-10-16(15)20-17/h5-13,18H,1-4H3. The highest BCUT2D eigenvalue weighted by Crippen LogP contribution is 2.50. The van der Waals surface area contributed by atoms with Crippen molar-refractivity contribution in [3.63, 3.8) is 0 Å². The van der Waals surface area contributed by atoms with Crippen molar-refractivity contribution in [2.24, 2.45) is 5.92 Å². The van der Waals surface area contributed by atoms with Crippen LogP contribution in [-0.2, 0) is 0 Å². The van der Waals surface area contributed by atoms with Gasteiger partial charge in [0.15, 0.2) is 0 Å². The van der Waals surface area contributed by atoms with Gasteiger partial charge in [0.05, 0.1) is 0 Å². The van der Waals surface area contributed by atoms with E-state index in [4.69, 9.17) is 0 Å². The Morgan fingerprint density at radius 2 is 1.55 bits per heavy atom. The summed E-state index contributed by atoms with van der Waals surface area (Å²) in [5.41, 5.74) is 4.59. The summed E-state index contributed by atoms with van der Waals surface area (Å²) in [7, 11) is 0. The molecule has 0 aromatic heterocycles. The first-order chi connectivity index (χ1) is 9.59. The molecule has 0 spiro atoms. The lowest BCUT2D eigenvalue weighted by atomic mass is 9.78. The van der Waals surface area contributed by atoms with Crippen LogP contribution in [0.4, 0.5) is 0 Å². The normalized spacial score (nSPS) is 17.2. The molecule has 0 saturated carbocycles. The second-order valence-corrected chi connectivity index (χ2v) is 7.36. The number of benzene rings is 2. The van der Waals surface area contributed by atoms with E-state index in [-0.39, 0.29) is 0 Å². The molecule has 1 aliphatic rings. The topological polar surface area (TPSA) is 0 Å². The number of fused-ring (bicyclic) bond motifs is 2. The summed E-state index contributed by atoms with van der Waals surface area (Å²) >= 11 is 1.94. The van der Waals surface area contributed by atoms with Gasteiger partial charge in [0.1, 0.15) is 0 Å². The molecular weight excluding hydrogens is 260 g/mol. The molecule has 2 aromatic carbocycles. The van der Waals surface area contributed by atoms with Gasteiger partial charge in [-0.3, -0.25) is 0 Å². The Morgan fingerprint density at radius 1 is 0.850 bits per heavy atom. The first-order valence-electron chi connectivity index (χ1n) is 7.49. The highest BCUT2D eigenvalue weighted by molar-refractivity contribution is 7.99.